The zero-order chi connectivity index (χ0) is 20.1. The summed E-state index contributed by atoms with van der Waals surface area (Å²) in [5, 5.41) is 2.97. The molecule has 3 N–H and O–H groups in total. The molecular weight excluding hydrogens is 350 g/mol. The lowest BCUT2D eigenvalue weighted by atomic mass is 9.98. The Hall–Kier alpha value is -2.69. The lowest BCUT2D eigenvalue weighted by Gasteiger charge is -2.33. The quantitative estimate of drug-likeness (QED) is 0.715. The van der Waals surface area contributed by atoms with Crippen molar-refractivity contribution in [3.63, 3.8) is 0 Å². The summed E-state index contributed by atoms with van der Waals surface area (Å²) < 4.78 is 5.65. The maximum absolute atomic E-state index is 12.5. The van der Waals surface area contributed by atoms with Crippen molar-refractivity contribution in [3.8, 4) is 5.75 Å². The molecule has 1 aliphatic heterocycles. The maximum atomic E-state index is 12.5. The van der Waals surface area contributed by atoms with Crippen LogP contribution in [0.1, 0.15) is 45.1 Å². The molecular formula is C23H31N3O2. The summed E-state index contributed by atoms with van der Waals surface area (Å²) in [4.78, 5) is 14.8. The van der Waals surface area contributed by atoms with Gasteiger partial charge in [-0.2, -0.15) is 0 Å². The van der Waals surface area contributed by atoms with Crippen LogP contribution in [0.2, 0.25) is 0 Å². The largest absolute Gasteiger partial charge is 0.484 e. The van der Waals surface area contributed by atoms with E-state index in [1.165, 1.54) is 5.56 Å². The van der Waals surface area contributed by atoms with Gasteiger partial charge < -0.3 is 20.7 Å². The number of ether oxygens (including phenoxy) is 1. The molecule has 0 bridgehead atoms. The molecule has 0 aliphatic carbocycles. The average molecular weight is 382 g/mol. The van der Waals surface area contributed by atoms with Crippen molar-refractivity contribution in [3.05, 3.63) is 48.0 Å². The van der Waals surface area contributed by atoms with E-state index in [4.69, 9.17) is 10.5 Å². The van der Waals surface area contributed by atoms with Crippen LogP contribution in [-0.4, -0.2) is 25.6 Å². The van der Waals surface area contributed by atoms with E-state index < -0.39 is 0 Å². The van der Waals surface area contributed by atoms with Crippen molar-refractivity contribution in [1.29, 1.82) is 0 Å². The highest BCUT2D eigenvalue weighted by Gasteiger charge is 2.19. The Kier molecular flexibility index (Phi) is 6.45. The first-order chi connectivity index (χ1) is 13.4. The number of hydrogen-bond donors (Lipinski definition) is 2. The van der Waals surface area contributed by atoms with Gasteiger partial charge in [-0.25, -0.2) is 0 Å². The van der Waals surface area contributed by atoms with Gasteiger partial charge in [0, 0.05) is 18.8 Å². The molecule has 1 saturated heterocycles. The number of amides is 1. The number of carbonyl (C=O) groups is 1. The van der Waals surface area contributed by atoms with E-state index in [0.717, 1.165) is 43.2 Å². The highest BCUT2D eigenvalue weighted by molar-refractivity contribution is 5.96. The van der Waals surface area contributed by atoms with Gasteiger partial charge in [0.05, 0.1) is 11.4 Å². The molecule has 5 heteroatoms. The minimum atomic E-state index is -0.190. The fourth-order valence-electron chi connectivity index (χ4n) is 3.46. The fourth-order valence-corrected chi connectivity index (χ4v) is 3.46. The third-order valence-corrected chi connectivity index (χ3v) is 5.34. The zero-order valence-electron chi connectivity index (χ0n) is 17.1. The third-order valence-electron chi connectivity index (χ3n) is 5.34. The van der Waals surface area contributed by atoms with E-state index in [1.807, 2.05) is 42.5 Å². The van der Waals surface area contributed by atoms with Crippen LogP contribution in [-0.2, 0) is 4.79 Å². The number of nitrogens with zero attached hydrogens (tertiary/aromatic N) is 1. The van der Waals surface area contributed by atoms with Gasteiger partial charge in [0.2, 0.25) is 0 Å². The van der Waals surface area contributed by atoms with Crippen molar-refractivity contribution in [2.45, 2.75) is 39.5 Å². The number of carbonyl (C=O) groups excluding carboxylic acids is 1. The van der Waals surface area contributed by atoms with Crippen LogP contribution in [0.15, 0.2) is 42.5 Å². The number of piperidine rings is 1. The molecule has 2 aromatic carbocycles. The van der Waals surface area contributed by atoms with E-state index in [0.29, 0.717) is 17.4 Å². The summed E-state index contributed by atoms with van der Waals surface area (Å²) in [6.45, 7) is 8.53. The molecule has 3 rings (SSSR count). The summed E-state index contributed by atoms with van der Waals surface area (Å²) in [5.74, 6) is 1.72. The first kappa shape index (κ1) is 20.1. The van der Waals surface area contributed by atoms with Crippen molar-refractivity contribution < 1.29 is 9.53 Å². The predicted molar refractivity (Wildman–Crippen MR) is 116 cm³/mol. The standard InChI is InChI=1S/C23H31N3O2/c1-16(2)18-4-7-20(8-5-18)28-15-23(27)25-21-14-19(24)6-9-22(21)26-12-10-17(3)11-13-26/h4-9,14,16-17H,10-13,15,24H2,1-3H3,(H,25,27). The van der Waals surface area contributed by atoms with Crippen LogP contribution < -0.4 is 20.7 Å². The molecule has 150 valence electrons. The van der Waals surface area contributed by atoms with Crippen molar-refractivity contribution >= 4 is 23.0 Å². The van der Waals surface area contributed by atoms with Crippen LogP contribution >= 0.6 is 0 Å². The number of hydrogen-bond acceptors (Lipinski definition) is 4. The highest BCUT2D eigenvalue weighted by Crippen LogP contribution is 2.31. The Labute approximate surface area is 167 Å². The molecule has 0 unspecified atom stereocenters. The molecule has 0 spiro atoms. The molecule has 2 aromatic rings. The summed E-state index contributed by atoms with van der Waals surface area (Å²) in [5.41, 5.74) is 9.61. The second-order valence-electron chi connectivity index (χ2n) is 8.01. The Morgan fingerprint density at radius 2 is 1.86 bits per heavy atom. The molecule has 1 fully saturated rings. The predicted octanol–water partition coefficient (Wildman–Crippen LogP) is 4.65. The Morgan fingerprint density at radius 3 is 2.50 bits per heavy atom. The van der Waals surface area contributed by atoms with Gasteiger partial charge in [0.15, 0.2) is 6.61 Å². The van der Waals surface area contributed by atoms with E-state index in [1.54, 1.807) is 0 Å². The van der Waals surface area contributed by atoms with E-state index >= 15 is 0 Å². The molecule has 28 heavy (non-hydrogen) atoms. The lowest BCUT2D eigenvalue weighted by Crippen LogP contribution is -2.33. The van der Waals surface area contributed by atoms with E-state index in [2.05, 4.69) is 31.0 Å². The molecule has 1 heterocycles. The van der Waals surface area contributed by atoms with Gasteiger partial charge in [0.25, 0.3) is 5.91 Å². The van der Waals surface area contributed by atoms with E-state index in [-0.39, 0.29) is 12.5 Å². The number of benzene rings is 2. The second-order valence-corrected chi connectivity index (χ2v) is 8.01. The lowest BCUT2D eigenvalue weighted by molar-refractivity contribution is -0.118. The monoisotopic (exact) mass is 381 g/mol. The number of nitrogens with one attached hydrogen (secondary N) is 1. The van der Waals surface area contributed by atoms with Crippen LogP contribution in [0, 0.1) is 5.92 Å². The number of nitrogens with two attached hydrogens (primary N) is 1. The van der Waals surface area contributed by atoms with Crippen LogP contribution in [0.4, 0.5) is 17.1 Å². The number of nitrogen functional groups attached to an aromatic ring is 1. The minimum absolute atomic E-state index is 0.0354. The van der Waals surface area contributed by atoms with Gasteiger partial charge in [0.1, 0.15) is 5.75 Å². The highest BCUT2D eigenvalue weighted by atomic mass is 16.5. The van der Waals surface area contributed by atoms with E-state index in [9.17, 15) is 4.79 Å². The smallest absolute Gasteiger partial charge is 0.262 e. The Bertz CT molecular complexity index is 794. The summed E-state index contributed by atoms with van der Waals surface area (Å²) >= 11 is 0. The molecule has 0 radical (unpaired) electrons. The molecule has 1 aliphatic rings. The fraction of sp³-hybridized carbons (Fsp3) is 0.435. The summed E-state index contributed by atoms with van der Waals surface area (Å²) in [6.07, 6.45) is 2.32. The third kappa shape index (κ3) is 5.18. The van der Waals surface area contributed by atoms with Gasteiger partial charge in [-0.15, -0.1) is 0 Å². The summed E-state index contributed by atoms with van der Waals surface area (Å²) in [6, 6.07) is 13.6. The molecule has 1 amide bonds. The topological polar surface area (TPSA) is 67.6 Å². The number of rotatable bonds is 6. The normalized spacial score (nSPS) is 14.9. The summed E-state index contributed by atoms with van der Waals surface area (Å²) in [7, 11) is 0. The van der Waals surface area contributed by atoms with Crippen LogP contribution in [0.5, 0.6) is 5.75 Å². The van der Waals surface area contributed by atoms with Gasteiger partial charge in [-0.1, -0.05) is 32.9 Å². The number of anilines is 3. The Balaban J connectivity index is 1.62. The first-order valence-corrected chi connectivity index (χ1v) is 10.1. The maximum Gasteiger partial charge on any atom is 0.262 e. The molecule has 5 nitrogen and oxygen atoms in total. The minimum Gasteiger partial charge on any atom is -0.484 e. The average Bonchev–Trinajstić information content (AvgIpc) is 2.68. The van der Waals surface area contributed by atoms with Gasteiger partial charge in [-0.3, -0.25) is 4.79 Å². The molecule has 0 saturated carbocycles. The second kappa shape index (κ2) is 9.00. The van der Waals surface area contributed by atoms with Crippen LogP contribution in [0.25, 0.3) is 0 Å². The van der Waals surface area contributed by atoms with Crippen molar-refractivity contribution in [1.82, 2.24) is 0 Å². The zero-order valence-corrected chi connectivity index (χ0v) is 17.1. The molecule has 0 aromatic heterocycles. The first-order valence-electron chi connectivity index (χ1n) is 10.1. The van der Waals surface area contributed by atoms with Gasteiger partial charge in [-0.05, 0) is 60.6 Å². The Morgan fingerprint density at radius 1 is 1.18 bits per heavy atom. The van der Waals surface area contributed by atoms with Gasteiger partial charge >= 0.3 is 0 Å². The van der Waals surface area contributed by atoms with Crippen molar-refractivity contribution in [2.75, 3.05) is 35.6 Å². The molecule has 0 atom stereocenters. The van der Waals surface area contributed by atoms with Crippen molar-refractivity contribution in [2.24, 2.45) is 5.92 Å². The SMILES string of the molecule is CC1CCN(c2ccc(N)cc2NC(=O)COc2ccc(C(C)C)cc2)CC1. The van der Waals surface area contributed by atoms with Crippen LogP contribution in [0.3, 0.4) is 0 Å².